The maximum absolute atomic E-state index is 12.5. The van der Waals surface area contributed by atoms with Gasteiger partial charge in [-0.25, -0.2) is 0 Å². The molecule has 1 fully saturated rings. The molecule has 0 radical (unpaired) electrons. The molecule has 0 aromatic heterocycles. The molecule has 6 nitrogen and oxygen atoms in total. The van der Waals surface area contributed by atoms with Crippen LogP contribution in [-0.2, 0) is 20.8 Å². The zero-order valence-corrected chi connectivity index (χ0v) is 14.6. The Hall–Kier alpha value is -2.37. The molecule has 3 amide bonds. The number of anilines is 1. The van der Waals surface area contributed by atoms with Crippen molar-refractivity contribution in [1.82, 2.24) is 10.6 Å². The van der Waals surface area contributed by atoms with E-state index >= 15 is 0 Å². The number of benzene rings is 1. The second-order valence-corrected chi connectivity index (χ2v) is 6.80. The van der Waals surface area contributed by atoms with E-state index in [0.717, 1.165) is 36.9 Å². The number of hydrogen-bond donors (Lipinski definition) is 2. The minimum Gasteiger partial charge on any atom is -0.354 e. The molecule has 1 aliphatic heterocycles. The van der Waals surface area contributed by atoms with Gasteiger partial charge in [0.1, 0.15) is 6.04 Å². The fourth-order valence-corrected chi connectivity index (χ4v) is 3.16. The second kappa shape index (κ2) is 7.68. The van der Waals surface area contributed by atoms with E-state index in [-0.39, 0.29) is 30.7 Å². The third kappa shape index (κ3) is 4.38. The van der Waals surface area contributed by atoms with Gasteiger partial charge in [0.25, 0.3) is 0 Å². The molecule has 2 aliphatic rings. The fourth-order valence-electron chi connectivity index (χ4n) is 3.16. The lowest BCUT2D eigenvalue weighted by atomic mass is 10.1. The number of rotatable bonds is 6. The quantitative estimate of drug-likeness (QED) is 0.822. The maximum Gasteiger partial charge on any atom is 0.242 e. The standard InChI is InChI=1S/C19H25N3O3/c1-13(19(25)20-12-11-17(23)21-15-9-10-15)22-16-7-3-2-5-14(16)6-4-8-18(22)24/h2-3,5,7,13,15H,4,6,8-12H2,1H3,(H,20,25)(H,21,23). The molecule has 25 heavy (non-hydrogen) atoms. The first-order chi connectivity index (χ1) is 12.1. The smallest absolute Gasteiger partial charge is 0.242 e. The molecule has 1 saturated carbocycles. The van der Waals surface area contributed by atoms with E-state index in [9.17, 15) is 14.4 Å². The number of aryl methyl sites for hydroxylation is 1. The van der Waals surface area contributed by atoms with Gasteiger partial charge >= 0.3 is 0 Å². The van der Waals surface area contributed by atoms with Crippen LogP contribution in [0.1, 0.15) is 44.6 Å². The Morgan fingerprint density at radius 3 is 2.76 bits per heavy atom. The first kappa shape index (κ1) is 17.5. The predicted octanol–water partition coefficient (Wildman–Crippen LogP) is 1.53. The molecule has 0 bridgehead atoms. The van der Waals surface area contributed by atoms with Crippen molar-refractivity contribution in [3.05, 3.63) is 29.8 Å². The van der Waals surface area contributed by atoms with Gasteiger partial charge in [-0.1, -0.05) is 18.2 Å². The van der Waals surface area contributed by atoms with Crippen LogP contribution in [0, 0.1) is 0 Å². The lowest BCUT2D eigenvalue weighted by Crippen LogP contribution is -2.48. The lowest BCUT2D eigenvalue weighted by Gasteiger charge is -2.28. The normalized spacial score (nSPS) is 18.1. The van der Waals surface area contributed by atoms with Crippen molar-refractivity contribution in [2.45, 2.75) is 57.5 Å². The molecule has 2 N–H and O–H groups in total. The minimum atomic E-state index is -0.599. The molecule has 0 saturated heterocycles. The summed E-state index contributed by atoms with van der Waals surface area (Å²) in [7, 11) is 0. The summed E-state index contributed by atoms with van der Waals surface area (Å²) in [4.78, 5) is 38.3. The van der Waals surface area contributed by atoms with E-state index in [2.05, 4.69) is 10.6 Å². The first-order valence-corrected chi connectivity index (χ1v) is 9.03. The van der Waals surface area contributed by atoms with Crippen molar-refractivity contribution in [2.75, 3.05) is 11.4 Å². The molecular formula is C19H25N3O3. The van der Waals surface area contributed by atoms with Crippen LogP contribution in [0.5, 0.6) is 0 Å². The first-order valence-electron chi connectivity index (χ1n) is 9.03. The van der Waals surface area contributed by atoms with Crippen molar-refractivity contribution in [2.24, 2.45) is 0 Å². The van der Waals surface area contributed by atoms with Gasteiger partial charge in [-0.15, -0.1) is 0 Å². The number of carbonyl (C=O) groups is 3. The second-order valence-electron chi connectivity index (χ2n) is 6.80. The third-order valence-corrected chi connectivity index (χ3v) is 4.72. The van der Waals surface area contributed by atoms with Gasteiger partial charge in [0.2, 0.25) is 17.7 Å². The summed E-state index contributed by atoms with van der Waals surface area (Å²) < 4.78 is 0. The average molecular weight is 343 g/mol. The van der Waals surface area contributed by atoms with Crippen molar-refractivity contribution in [3.63, 3.8) is 0 Å². The maximum atomic E-state index is 12.5. The lowest BCUT2D eigenvalue weighted by molar-refractivity contribution is -0.126. The van der Waals surface area contributed by atoms with Gasteiger partial charge in [0, 0.05) is 31.1 Å². The highest BCUT2D eigenvalue weighted by Gasteiger charge is 2.30. The molecule has 1 aliphatic carbocycles. The van der Waals surface area contributed by atoms with Gasteiger partial charge in [0.05, 0.1) is 0 Å². The van der Waals surface area contributed by atoms with Crippen LogP contribution in [0.3, 0.4) is 0 Å². The Labute approximate surface area is 148 Å². The van der Waals surface area contributed by atoms with Crippen molar-refractivity contribution >= 4 is 23.4 Å². The predicted molar refractivity (Wildman–Crippen MR) is 95.1 cm³/mol. The van der Waals surface area contributed by atoms with Crippen molar-refractivity contribution in [3.8, 4) is 0 Å². The van der Waals surface area contributed by atoms with E-state index in [1.54, 1.807) is 11.8 Å². The van der Waals surface area contributed by atoms with Gasteiger partial charge in [0.15, 0.2) is 0 Å². The fraction of sp³-hybridized carbons (Fsp3) is 0.526. The summed E-state index contributed by atoms with van der Waals surface area (Å²) in [6.45, 7) is 2.02. The SMILES string of the molecule is CC(C(=O)NCCC(=O)NC1CC1)N1C(=O)CCCc2ccccc21. The van der Waals surface area contributed by atoms with E-state index in [1.165, 1.54) is 0 Å². The molecule has 134 valence electrons. The number of carbonyl (C=O) groups excluding carboxylic acids is 3. The van der Waals surface area contributed by atoms with Crippen LogP contribution in [0.25, 0.3) is 0 Å². The summed E-state index contributed by atoms with van der Waals surface area (Å²) in [5.41, 5.74) is 1.91. The minimum absolute atomic E-state index is 0.0286. The average Bonchev–Trinajstić information content (AvgIpc) is 3.41. The molecule has 3 rings (SSSR count). The van der Waals surface area contributed by atoms with Gasteiger partial charge in [-0.2, -0.15) is 0 Å². The highest BCUT2D eigenvalue weighted by molar-refractivity contribution is 6.01. The highest BCUT2D eigenvalue weighted by Crippen LogP contribution is 2.28. The van der Waals surface area contributed by atoms with Gasteiger partial charge in [-0.3, -0.25) is 19.3 Å². The topological polar surface area (TPSA) is 78.5 Å². The number of fused-ring (bicyclic) bond motifs is 1. The summed E-state index contributed by atoms with van der Waals surface area (Å²) in [5.74, 6) is -0.296. The largest absolute Gasteiger partial charge is 0.354 e. The van der Waals surface area contributed by atoms with Crippen LogP contribution >= 0.6 is 0 Å². The summed E-state index contributed by atoms with van der Waals surface area (Å²) in [5, 5.41) is 5.68. The van der Waals surface area contributed by atoms with E-state index in [0.29, 0.717) is 12.5 Å². The van der Waals surface area contributed by atoms with Crippen molar-refractivity contribution < 1.29 is 14.4 Å². The monoisotopic (exact) mass is 343 g/mol. The van der Waals surface area contributed by atoms with E-state index in [4.69, 9.17) is 0 Å². The van der Waals surface area contributed by atoms with Gasteiger partial charge in [-0.05, 0) is 44.2 Å². The van der Waals surface area contributed by atoms with Crippen LogP contribution in [0.15, 0.2) is 24.3 Å². The zero-order valence-electron chi connectivity index (χ0n) is 14.6. The molecule has 0 spiro atoms. The molecular weight excluding hydrogens is 318 g/mol. The van der Waals surface area contributed by atoms with Crippen LogP contribution < -0.4 is 15.5 Å². The Kier molecular flexibility index (Phi) is 5.36. The molecule has 1 heterocycles. The number of para-hydroxylation sites is 1. The molecule has 1 atom stereocenters. The zero-order chi connectivity index (χ0) is 17.8. The van der Waals surface area contributed by atoms with Crippen LogP contribution in [0.4, 0.5) is 5.69 Å². The molecule has 1 unspecified atom stereocenters. The summed E-state index contributed by atoms with van der Waals surface area (Å²) >= 11 is 0. The van der Waals surface area contributed by atoms with Crippen LogP contribution in [-0.4, -0.2) is 36.3 Å². The van der Waals surface area contributed by atoms with E-state index < -0.39 is 6.04 Å². The molecule has 6 heteroatoms. The Bertz CT molecular complexity index is 670. The van der Waals surface area contributed by atoms with Gasteiger partial charge < -0.3 is 10.6 Å². The summed E-state index contributed by atoms with van der Waals surface area (Å²) in [6.07, 6.45) is 4.43. The Balaban J connectivity index is 1.60. The summed E-state index contributed by atoms with van der Waals surface area (Å²) in [6, 6.07) is 7.47. The molecule has 1 aromatic carbocycles. The molecule has 1 aromatic rings. The third-order valence-electron chi connectivity index (χ3n) is 4.72. The van der Waals surface area contributed by atoms with Crippen molar-refractivity contribution in [1.29, 1.82) is 0 Å². The number of nitrogens with one attached hydrogen (secondary N) is 2. The number of hydrogen-bond acceptors (Lipinski definition) is 3. The number of nitrogens with zero attached hydrogens (tertiary/aromatic N) is 1. The number of amides is 3. The Morgan fingerprint density at radius 2 is 2.00 bits per heavy atom. The van der Waals surface area contributed by atoms with E-state index in [1.807, 2.05) is 24.3 Å². The van der Waals surface area contributed by atoms with Crippen LogP contribution in [0.2, 0.25) is 0 Å². The highest BCUT2D eigenvalue weighted by atomic mass is 16.2. The Morgan fingerprint density at radius 1 is 1.24 bits per heavy atom.